The molecule has 2 rings (SSSR count). The summed E-state index contributed by atoms with van der Waals surface area (Å²) in [5, 5.41) is 9.08. The summed E-state index contributed by atoms with van der Waals surface area (Å²) in [6.07, 6.45) is 0. The summed E-state index contributed by atoms with van der Waals surface area (Å²) in [5.41, 5.74) is 0.317. The summed E-state index contributed by atoms with van der Waals surface area (Å²) in [7, 11) is -3.74. The average Bonchev–Trinajstić information content (AvgIpc) is 2.32. The maximum atomic E-state index is 12.7. The van der Waals surface area contributed by atoms with Gasteiger partial charge in [0.1, 0.15) is 11.6 Å². The van der Waals surface area contributed by atoms with Gasteiger partial charge in [-0.2, -0.15) is 0 Å². The van der Waals surface area contributed by atoms with E-state index in [4.69, 9.17) is 5.11 Å². The molecule has 0 aromatic heterocycles. The molecule has 18 heavy (non-hydrogen) atoms. The Kier molecular flexibility index (Phi) is 3.20. The molecule has 0 atom stereocenters. The van der Waals surface area contributed by atoms with Gasteiger partial charge in [0.05, 0.1) is 4.90 Å². The van der Waals surface area contributed by atoms with Crippen molar-refractivity contribution in [2.75, 3.05) is 4.72 Å². The second-order valence-electron chi connectivity index (χ2n) is 3.61. The van der Waals surface area contributed by atoms with Crippen molar-refractivity contribution in [3.05, 3.63) is 54.3 Å². The van der Waals surface area contributed by atoms with Crippen LogP contribution in [0, 0.1) is 5.82 Å². The van der Waals surface area contributed by atoms with Crippen molar-refractivity contribution in [1.29, 1.82) is 0 Å². The Morgan fingerprint density at radius 2 is 1.50 bits per heavy atom. The highest BCUT2D eigenvalue weighted by Crippen LogP contribution is 2.18. The fourth-order valence-electron chi connectivity index (χ4n) is 1.36. The number of nitrogens with one attached hydrogen (secondary N) is 1. The molecule has 0 aliphatic heterocycles. The Labute approximate surface area is 104 Å². The molecule has 0 bridgehead atoms. The van der Waals surface area contributed by atoms with Crippen LogP contribution in [0.5, 0.6) is 5.75 Å². The lowest BCUT2D eigenvalue weighted by Crippen LogP contribution is -2.12. The lowest BCUT2D eigenvalue weighted by atomic mass is 10.3. The molecule has 0 aliphatic carbocycles. The summed E-state index contributed by atoms with van der Waals surface area (Å²) in [5.74, 6) is -0.460. The lowest BCUT2D eigenvalue weighted by molar-refractivity contribution is 0.475. The molecule has 0 radical (unpaired) electrons. The van der Waals surface area contributed by atoms with Crippen molar-refractivity contribution < 1.29 is 17.9 Å². The monoisotopic (exact) mass is 267 g/mol. The van der Waals surface area contributed by atoms with E-state index in [1.807, 2.05) is 0 Å². The maximum absolute atomic E-state index is 12.7. The van der Waals surface area contributed by atoms with Crippen molar-refractivity contribution in [2.24, 2.45) is 0 Å². The van der Waals surface area contributed by atoms with Gasteiger partial charge in [-0.15, -0.1) is 0 Å². The van der Waals surface area contributed by atoms with Crippen LogP contribution in [0.15, 0.2) is 53.4 Å². The van der Waals surface area contributed by atoms with E-state index in [-0.39, 0.29) is 10.6 Å². The molecule has 0 heterocycles. The molecule has 0 aliphatic rings. The van der Waals surface area contributed by atoms with Gasteiger partial charge in [-0.05, 0) is 48.5 Å². The van der Waals surface area contributed by atoms with Crippen LogP contribution >= 0.6 is 0 Å². The first-order chi connectivity index (χ1) is 8.47. The van der Waals surface area contributed by atoms with Crippen LogP contribution in [0.2, 0.25) is 0 Å². The van der Waals surface area contributed by atoms with Crippen molar-refractivity contribution in [3.63, 3.8) is 0 Å². The van der Waals surface area contributed by atoms with E-state index in [9.17, 15) is 12.8 Å². The zero-order chi connectivity index (χ0) is 13.2. The molecule has 0 saturated carbocycles. The van der Waals surface area contributed by atoms with Crippen LogP contribution in [0.4, 0.5) is 10.1 Å². The number of phenols is 1. The van der Waals surface area contributed by atoms with Gasteiger partial charge in [0.25, 0.3) is 10.0 Å². The Morgan fingerprint density at radius 1 is 0.944 bits per heavy atom. The fourth-order valence-corrected chi connectivity index (χ4v) is 2.42. The molecule has 0 fully saturated rings. The number of anilines is 1. The minimum absolute atomic E-state index is 0.0306. The smallest absolute Gasteiger partial charge is 0.261 e. The Morgan fingerprint density at radius 3 is 2.06 bits per heavy atom. The maximum Gasteiger partial charge on any atom is 0.261 e. The second kappa shape index (κ2) is 4.66. The van der Waals surface area contributed by atoms with Crippen molar-refractivity contribution in [3.8, 4) is 5.75 Å². The summed E-state index contributed by atoms with van der Waals surface area (Å²) in [4.78, 5) is -0.0306. The largest absolute Gasteiger partial charge is 0.508 e. The van der Waals surface area contributed by atoms with Gasteiger partial charge < -0.3 is 5.11 Å². The zero-order valence-electron chi connectivity index (χ0n) is 9.17. The molecule has 0 amide bonds. The first-order valence-electron chi connectivity index (χ1n) is 5.05. The topological polar surface area (TPSA) is 66.4 Å². The molecular weight excluding hydrogens is 257 g/mol. The van der Waals surface area contributed by atoms with Crippen LogP contribution in [0.3, 0.4) is 0 Å². The number of halogens is 1. The molecule has 2 aromatic carbocycles. The van der Waals surface area contributed by atoms with Gasteiger partial charge >= 0.3 is 0 Å². The Hall–Kier alpha value is -2.08. The van der Waals surface area contributed by atoms with Gasteiger partial charge in [0.15, 0.2) is 0 Å². The highest BCUT2D eigenvalue weighted by molar-refractivity contribution is 7.92. The van der Waals surface area contributed by atoms with E-state index in [1.54, 1.807) is 0 Å². The van der Waals surface area contributed by atoms with Crippen molar-refractivity contribution in [1.82, 2.24) is 0 Å². The van der Waals surface area contributed by atoms with E-state index in [2.05, 4.69) is 4.72 Å². The van der Waals surface area contributed by atoms with Crippen molar-refractivity contribution in [2.45, 2.75) is 4.90 Å². The minimum atomic E-state index is -3.74. The molecular formula is C12H10FNO3S. The number of rotatable bonds is 3. The van der Waals surface area contributed by atoms with Crippen molar-refractivity contribution >= 4 is 15.7 Å². The summed E-state index contributed by atoms with van der Waals surface area (Å²) >= 11 is 0. The van der Waals surface area contributed by atoms with Gasteiger partial charge in [0, 0.05) is 5.69 Å². The second-order valence-corrected chi connectivity index (χ2v) is 5.29. The molecule has 0 spiro atoms. The number of phenolic OH excluding ortho intramolecular Hbond substituents is 1. The number of hydrogen-bond donors (Lipinski definition) is 2. The van der Waals surface area contributed by atoms with E-state index in [1.165, 1.54) is 36.4 Å². The van der Waals surface area contributed by atoms with E-state index < -0.39 is 15.8 Å². The van der Waals surface area contributed by atoms with E-state index in [0.29, 0.717) is 5.69 Å². The zero-order valence-corrected chi connectivity index (χ0v) is 9.99. The first-order valence-corrected chi connectivity index (χ1v) is 6.53. The lowest BCUT2D eigenvalue weighted by Gasteiger charge is -2.07. The average molecular weight is 267 g/mol. The van der Waals surface area contributed by atoms with E-state index in [0.717, 1.165) is 12.1 Å². The molecule has 94 valence electrons. The standard InChI is InChI=1S/C12H10FNO3S/c13-9-1-7-12(8-2-9)18(16,17)14-10-3-5-11(15)6-4-10/h1-8,14-15H. The first kappa shape index (κ1) is 12.4. The highest BCUT2D eigenvalue weighted by Gasteiger charge is 2.13. The minimum Gasteiger partial charge on any atom is -0.508 e. The third kappa shape index (κ3) is 2.78. The molecule has 4 nitrogen and oxygen atoms in total. The highest BCUT2D eigenvalue weighted by atomic mass is 32.2. The quantitative estimate of drug-likeness (QED) is 0.839. The van der Waals surface area contributed by atoms with Crippen LogP contribution in [0.25, 0.3) is 0 Å². The number of benzene rings is 2. The Balaban J connectivity index is 2.27. The third-order valence-corrected chi connectivity index (χ3v) is 3.64. The molecule has 2 N–H and O–H groups in total. The molecule has 2 aromatic rings. The normalized spacial score (nSPS) is 11.2. The SMILES string of the molecule is O=S(=O)(Nc1ccc(O)cc1)c1ccc(F)cc1. The van der Waals surface area contributed by atoms with Crippen LogP contribution < -0.4 is 4.72 Å². The molecule has 0 saturated heterocycles. The van der Waals surface area contributed by atoms with Gasteiger partial charge in [0.2, 0.25) is 0 Å². The van der Waals surface area contributed by atoms with Crippen LogP contribution in [-0.2, 0) is 10.0 Å². The molecule has 0 unspecified atom stereocenters. The van der Waals surface area contributed by atoms with Crippen LogP contribution in [-0.4, -0.2) is 13.5 Å². The summed E-state index contributed by atoms with van der Waals surface area (Å²) in [6, 6.07) is 10.1. The summed E-state index contributed by atoms with van der Waals surface area (Å²) in [6.45, 7) is 0. The summed E-state index contributed by atoms with van der Waals surface area (Å²) < 4.78 is 38.8. The predicted octanol–water partition coefficient (Wildman–Crippen LogP) is 2.33. The molecule has 6 heteroatoms. The van der Waals surface area contributed by atoms with Gasteiger partial charge in [-0.25, -0.2) is 12.8 Å². The number of sulfonamides is 1. The number of hydrogen-bond acceptors (Lipinski definition) is 3. The van der Waals surface area contributed by atoms with E-state index >= 15 is 0 Å². The Bertz CT molecular complexity index is 636. The predicted molar refractivity (Wildman–Crippen MR) is 65.3 cm³/mol. The fraction of sp³-hybridized carbons (Fsp3) is 0. The third-order valence-electron chi connectivity index (χ3n) is 2.24. The number of aromatic hydroxyl groups is 1. The van der Waals surface area contributed by atoms with Crippen LogP contribution in [0.1, 0.15) is 0 Å². The van der Waals surface area contributed by atoms with Gasteiger partial charge in [-0.1, -0.05) is 0 Å². The van der Waals surface area contributed by atoms with Gasteiger partial charge in [-0.3, -0.25) is 4.72 Å².